The van der Waals surface area contributed by atoms with E-state index in [2.05, 4.69) is 4.98 Å². The molecule has 30 heavy (non-hydrogen) atoms. The van der Waals surface area contributed by atoms with Crippen LogP contribution in [0.25, 0.3) is 0 Å². The Hall–Kier alpha value is -2.93. The molecule has 3 aromatic rings. The third-order valence-electron chi connectivity index (χ3n) is 5.14. The Balaban J connectivity index is 1.26. The molecule has 7 heteroatoms. The van der Waals surface area contributed by atoms with Gasteiger partial charge in [0, 0.05) is 31.6 Å². The Bertz CT molecular complexity index is 998. The van der Waals surface area contributed by atoms with Gasteiger partial charge in [-0.25, -0.2) is 9.37 Å². The number of aryl methyl sites for hydroxylation is 1. The molecule has 156 valence electrons. The highest BCUT2D eigenvalue weighted by atomic mass is 32.1. The Kier molecular flexibility index (Phi) is 6.28. The molecule has 1 aliphatic heterocycles. The van der Waals surface area contributed by atoms with Crippen LogP contribution in [-0.4, -0.2) is 42.0 Å². The number of rotatable bonds is 6. The summed E-state index contributed by atoms with van der Waals surface area (Å²) in [4.78, 5) is 21.0. The fraction of sp³-hybridized carbons (Fsp3) is 0.304. The van der Waals surface area contributed by atoms with Crippen LogP contribution < -0.4 is 9.64 Å². The highest BCUT2D eigenvalue weighted by Gasteiger charge is 2.23. The van der Waals surface area contributed by atoms with E-state index in [4.69, 9.17) is 4.74 Å². The molecular formula is C23H24FN3O2S. The lowest BCUT2D eigenvalue weighted by Gasteiger charge is -2.36. The average molecular weight is 426 g/mol. The molecule has 0 aliphatic carbocycles. The van der Waals surface area contributed by atoms with Gasteiger partial charge in [-0.1, -0.05) is 29.8 Å². The van der Waals surface area contributed by atoms with E-state index in [0.29, 0.717) is 38.5 Å². The van der Waals surface area contributed by atoms with Crippen molar-refractivity contribution < 1.29 is 13.9 Å². The van der Waals surface area contributed by atoms with Gasteiger partial charge in [-0.05, 0) is 31.2 Å². The largest absolute Gasteiger partial charge is 0.486 e. The Morgan fingerprint density at radius 1 is 1.10 bits per heavy atom. The van der Waals surface area contributed by atoms with Crippen LogP contribution in [0.4, 0.5) is 10.1 Å². The van der Waals surface area contributed by atoms with Gasteiger partial charge in [0.05, 0.1) is 17.8 Å². The number of hydrogen-bond acceptors (Lipinski definition) is 5. The van der Waals surface area contributed by atoms with Crippen molar-refractivity contribution in [2.45, 2.75) is 20.0 Å². The van der Waals surface area contributed by atoms with Crippen LogP contribution in [0.5, 0.6) is 5.75 Å². The second-order valence-electron chi connectivity index (χ2n) is 7.33. The topological polar surface area (TPSA) is 45.7 Å². The van der Waals surface area contributed by atoms with Crippen molar-refractivity contribution in [3.63, 3.8) is 0 Å². The molecule has 1 saturated heterocycles. The second-order valence-corrected chi connectivity index (χ2v) is 8.27. The van der Waals surface area contributed by atoms with Crippen LogP contribution in [0.15, 0.2) is 53.9 Å². The highest BCUT2D eigenvalue weighted by Crippen LogP contribution is 2.21. The first-order chi connectivity index (χ1) is 14.6. The lowest BCUT2D eigenvalue weighted by Crippen LogP contribution is -2.49. The van der Waals surface area contributed by atoms with Gasteiger partial charge >= 0.3 is 0 Å². The molecule has 2 heterocycles. The summed E-state index contributed by atoms with van der Waals surface area (Å²) in [6.07, 6.45) is 0.279. The van der Waals surface area contributed by atoms with Crippen molar-refractivity contribution in [1.82, 2.24) is 9.88 Å². The number of carbonyl (C=O) groups is 1. The number of piperazine rings is 1. The number of carbonyl (C=O) groups excluding carboxylic acids is 1. The molecule has 0 unspecified atom stereocenters. The number of ether oxygens (including phenoxy) is 1. The van der Waals surface area contributed by atoms with Gasteiger partial charge in [-0.15, -0.1) is 11.3 Å². The van der Waals surface area contributed by atoms with E-state index in [1.165, 1.54) is 23.0 Å². The van der Waals surface area contributed by atoms with Crippen LogP contribution in [0.1, 0.15) is 16.3 Å². The first-order valence-electron chi connectivity index (χ1n) is 9.98. The molecular weight excluding hydrogens is 401 g/mol. The molecule has 0 atom stereocenters. The summed E-state index contributed by atoms with van der Waals surface area (Å²) in [6, 6.07) is 14.7. The third-order valence-corrected chi connectivity index (χ3v) is 6.01. The molecule has 5 nitrogen and oxygen atoms in total. The predicted molar refractivity (Wildman–Crippen MR) is 117 cm³/mol. The Morgan fingerprint density at radius 2 is 1.83 bits per heavy atom. The van der Waals surface area contributed by atoms with Gasteiger partial charge in [0.2, 0.25) is 5.91 Å². The van der Waals surface area contributed by atoms with Gasteiger partial charge in [0.15, 0.2) is 0 Å². The summed E-state index contributed by atoms with van der Waals surface area (Å²) in [7, 11) is 0. The molecule has 0 radical (unpaired) electrons. The van der Waals surface area contributed by atoms with Gasteiger partial charge in [-0.2, -0.15) is 0 Å². The molecule has 1 fully saturated rings. The van der Waals surface area contributed by atoms with Crippen LogP contribution in [0.2, 0.25) is 0 Å². The van der Waals surface area contributed by atoms with E-state index < -0.39 is 0 Å². The summed E-state index contributed by atoms with van der Waals surface area (Å²) in [6.45, 7) is 4.84. The van der Waals surface area contributed by atoms with E-state index in [1.54, 1.807) is 12.1 Å². The first-order valence-corrected chi connectivity index (χ1v) is 10.9. The van der Waals surface area contributed by atoms with Crippen LogP contribution in [-0.2, 0) is 17.8 Å². The number of amides is 1. The number of benzene rings is 2. The number of nitrogens with zero attached hydrogens (tertiary/aromatic N) is 3. The molecule has 0 saturated carbocycles. The lowest BCUT2D eigenvalue weighted by atomic mass is 10.2. The fourth-order valence-electron chi connectivity index (χ4n) is 3.45. The Morgan fingerprint density at radius 3 is 2.57 bits per heavy atom. The maximum Gasteiger partial charge on any atom is 0.228 e. The maximum atomic E-state index is 14.0. The monoisotopic (exact) mass is 425 g/mol. The van der Waals surface area contributed by atoms with Gasteiger partial charge in [0.1, 0.15) is 23.2 Å². The van der Waals surface area contributed by atoms with Crippen LogP contribution in [0, 0.1) is 12.7 Å². The Labute approximate surface area is 179 Å². The summed E-state index contributed by atoms with van der Waals surface area (Å²) in [5.41, 5.74) is 2.55. The zero-order valence-corrected chi connectivity index (χ0v) is 17.7. The number of aromatic nitrogens is 1. The highest BCUT2D eigenvalue weighted by molar-refractivity contribution is 7.09. The van der Waals surface area contributed by atoms with Gasteiger partial charge in [-0.3, -0.25) is 4.79 Å². The van der Waals surface area contributed by atoms with Gasteiger partial charge < -0.3 is 14.5 Å². The predicted octanol–water partition coefficient (Wildman–Crippen LogP) is 4.06. The zero-order valence-electron chi connectivity index (χ0n) is 16.9. The van der Waals surface area contributed by atoms with Crippen molar-refractivity contribution in [1.29, 1.82) is 0 Å². The molecule has 0 bridgehead atoms. The zero-order chi connectivity index (χ0) is 20.9. The molecule has 0 spiro atoms. The van der Waals surface area contributed by atoms with Crippen molar-refractivity contribution >= 4 is 22.9 Å². The average Bonchev–Trinajstić information content (AvgIpc) is 3.21. The minimum Gasteiger partial charge on any atom is -0.486 e. The van der Waals surface area contributed by atoms with Crippen LogP contribution >= 0.6 is 11.3 Å². The van der Waals surface area contributed by atoms with E-state index in [9.17, 15) is 9.18 Å². The number of hydrogen-bond donors (Lipinski definition) is 0. The number of para-hydroxylation sites is 1. The fourth-order valence-corrected chi connectivity index (χ4v) is 4.15. The number of anilines is 1. The number of thiazole rings is 1. The van der Waals surface area contributed by atoms with E-state index in [1.807, 2.05) is 52.4 Å². The molecule has 1 aromatic heterocycles. The first kappa shape index (κ1) is 20.3. The minimum atomic E-state index is -0.222. The van der Waals surface area contributed by atoms with Crippen molar-refractivity contribution in [3.8, 4) is 5.75 Å². The van der Waals surface area contributed by atoms with Gasteiger partial charge in [0.25, 0.3) is 0 Å². The summed E-state index contributed by atoms with van der Waals surface area (Å²) >= 11 is 1.50. The van der Waals surface area contributed by atoms with E-state index in [0.717, 1.165) is 16.5 Å². The smallest absolute Gasteiger partial charge is 0.228 e. The number of halogens is 1. The standard InChI is InChI=1S/C23H24FN3O2S/c1-17-6-8-19(9-7-17)29-15-22-25-18(16-30-22)14-23(28)27-12-10-26(11-13-27)21-5-3-2-4-20(21)24/h2-9,16H,10-15H2,1H3. The molecule has 1 amide bonds. The van der Waals surface area contributed by atoms with Crippen molar-refractivity contribution in [2.24, 2.45) is 0 Å². The van der Waals surface area contributed by atoms with Crippen molar-refractivity contribution in [3.05, 3.63) is 76.0 Å². The molecule has 1 aliphatic rings. The van der Waals surface area contributed by atoms with E-state index in [-0.39, 0.29) is 18.1 Å². The van der Waals surface area contributed by atoms with Crippen LogP contribution in [0.3, 0.4) is 0 Å². The van der Waals surface area contributed by atoms with E-state index >= 15 is 0 Å². The maximum absolute atomic E-state index is 14.0. The second kappa shape index (κ2) is 9.26. The quantitative estimate of drug-likeness (QED) is 0.598. The summed E-state index contributed by atoms with van der Waals surface area (Å²) in [5.74, 6) is 0.640. The SMILES string of the molecule is Cc1ccc(OCc2nc(CC(=O)N3CCN(c4ccccc4F)CC3)cs2)cc1. The molecule has 4 rings (SSSR count). The third kappa shape index (κ3) is 4.97. The minimum absolute atomic E-state index is 0.0551. The normalized spacial score (nSPS) is 14.1. The molecule has 0 N–H and O–H groups in total. The summed E-state index contributed by atoms with van der Waals surface area (Å²) < 4.78 is 19.7. The molecule has 2 aromatic carbocycles. The lowest BCUT2D eigenvalue weighted by molar-refractivity contribution is -0.130. The summed E-state index contributed by atoms with van der Waals surface area (Å²) in [5, 5.41) is 2.77. The van der Waals surface area contributed by atoms with Crippen molar-refractivity contribution in [2.75, 3.05) is 31.1 Å².